The molecule has 0 aliphatic carbocycles. The quantitative estimate of drug-likeness (QED) is 0.884. The minimum absolute atomic E-state index is 0.0280. The van der Waals surface area contributed by atoms with Crippen LogP contribution in [-0.2, 0) is 10.0 Å². The molecule has 1 aromatic carbocycles. The van der Waals surface area contributed by atoms with Crippen LogP contribution in [-0.4, -0.2) is 18.6 Å². The first-order valence-corrected chi connectivity index (χ1v) is 8.48. The third-order valence-corrected chi connectivity index (χ3v) is 4.08. The fourth-order valence-corrected chi connectivity index (χ4v) is 3.00. The second kappa shape index (κ2) is 6.85. The van der Waals surface area contributed by atoms with Crippen molar-refractivity contribution in [1.82, 2.24) is 14.9 Å². The smallest absolute Gasteiger partial charge is 0.245 e. The first-order valence-electron chi connectivity index (χ1n) is 6.93. The molecule has 0 saturated carbocycles. The number of benzene rings is 1. The lowest BCUT2D eigenvalue weighted by Crippen LogP contribution is -2.30. The van der Waals surface area contributed by atoms with Crippen LogP contribution in [0.4, 0.5) is 0 Å². The fraction of sp³-hybridized carbons (Fsp3) is 0.333. The van der Waals surface area contributed by atoms with E-state index >= 15 is 0 Å². The van der Waals surface area contributed by atoms with Crippen molar-refractivity contribution in [3.05, 3.63) is 53.0 Å². The Hall–Kier alpha value is -1.99. The molecule has 118 valence electrons. The summed E-state index contributed by atoms with van der Waals surface area (Å²) < 4.78 is 32.1. The van der Waals surface area contributed by atoms with Crippen molar-refractivity contribution in [2.75, 3.05) is 0 Å². The van der Waals surface area contributed by atoms with E-state index in [1.807, 2.05) is 44.2 Å². The minimum atomic E-state index is -3.62. The van der Waals surface area contributed by atoms with E-state index in [0.717, 1.165) is 11.0 Å². The lowest BCUT2D eigenvalue weighted by Gasteiger charge is -2.17. The second-order valence-electron chi connectivity index (χ2n) is 5.28. The SMILES string of the molecule is Cc1noc([C@H](NS(=O)(=O)/C=C\c2ccccc2)C(C)C)n1. The zero-order valence-corrected chi connectivity index (χ0v) is 13.5. The molecule has 1 N–H and O–H groups in total. The molecular weight excluding hydrogens is 302 g/mol. The molecule has 0 spiro atoms. The maximum absolute atomic E-state index is 12.2. The summed E-state index contributed by atoms with van der Waals surface area (Å²) in [6, 6.07) is 8.65. The van der Waals surface area contributed by atoms with Crippen molar-refractivity contribution in [3.8, 4) is 0 Å². The summed E-state index contributed by atoms with van der Waals surface area (Å²) in [5.41, 5.74) is 0.808. The number of hydrogen-bond acceptors (Lipinski definition) is 5. The monoisotopic (exact) mass is 321 g/mol. The Morgan fingerprint density at radius 2 is 1.91 bits per heavy atom. The topological polar surface area (TPSA) is 85.1 Å². The first-order chi connectivity index (χ1) is 10.4. The van der Waals surface area contributed by atoms with Gasteiger partial charge in [0.2, 0.25) is 15.9 Å². The maximum Gasteiger partial charge on any atom is 0.245 e. The lowest BCUT2D eigenvalue weighted by molar-refractivity contribution is 0.310. The van der Waals surface area contributed by atoms with Crippen LogP contribution < -0.4 is 4.72 Å². The Kier molecular flexibility index (Phi) is 5.10. The maximum atomic E-state index is 12.2. The number of aryl methyl sites for hydroxylation is 1. The predicted molar refractivity (Wildman–Crippen MR) is 84.1 cm³/mol. The normalized spacial score (nSPS) is 13.8. The Morgan fingerprint density at radius 1 is 1.23 bits per heavy atom. The molecular formula is C15H19N3O3S. The molecule has 22 heavy (non-hydrogen) atoms. The molecule has 0 amide bonds. The highest BCUT2D eigenvalue weighted by Gasteiger charge is 2.25. The van der Waals surface area contributed by atoms with Crippen LogP contribution in [0.2, 0.25) is 0 Å². The molecule has 7 heteroatoms. The molecule has 6 nitrogen and oxygen atoms in total. The van der Waals surface area contributed by atoms with Gasteiger partial charge in [-0.1, -0.05) is 49.3 Å². The van der Waals surface area contributed by atoms with Crippen LogP contribution in [0.25, 0.3) is 6.08 Å². The Balaban J connectivity index is 2.16. The number of nitrogens with one attached hydrogen (secondary N) is 1. The van der Waals surface area contributed by atoms with Crippen LogP contribution in [0.5, 0.6) is 0 Å². The number of sulfonamides is 1. The van der Waals surface area contributed by atoms with E-state index in [1.165, 1.54) is 0 Å². The average Bonchev–Trinajstić information content (AvgIpc) is 2.90. The van der Waals surface area contributed by atoms with E-state index in [0.29, 0.717) is 5.82 Å². The van der Waals surface area contributed by atoms with Gasteiger partial charge in [-0.25, -0.2) is 8.42 Å². The van der Waals surface area contributed by atoms with E-state index in [1.54, 1.807) is 13.0 Å². The standard InChI is InChI=1S/C15H19N3O3S/c1-11(2)14(15-16-12(3)17-21-15)18-22(19,20)10-9-13-7-5-4-6-8-13/h4-11,14,18H,1-3H3/b10-9-/t14-/m1/s1. The molecule has 2 rings (SSSR count). The molecule has 0 fully saturated rings. The highest BCUT2D eigenvalue weighted by Crippen LogP contribution is 2.21. The predicted octanol–water partition coefficient (Wildman–Crippen LogP) is 2.67. The number of nitrogens with zero attached hydrogens (tertiary/aromatic N) is 2. The summed E-state index contributed by atoms with van der Waals surface area (Å²) in [4.78, 5) is 4.11. The zero-order chi connectivity index (χ0) is 16.2. The summed E-state index contributed by atoms with van der Waals surface area (Å²) in [5.74, 6) is 0.712. The molecule has 0 saturated heterocycles. The van der Waals surface area contributed by atoms with Crippen LogP contribution >= 0.6 is 0 Å². The summed E-state index contributed by atoms with van der Waals surface area (Å²) >= 11 is 0. The molecule has 1 atom stereocenters. The van der Waals surface area contributed by atoms with Crippen molar-refractivity contribution in [2.24, 2.45) is 5.92 Å². The van der Waals surface area contributed by atoms with Gasteiger partial charge in [0, 0.05) is 5.41 Å². The Morgan fingerprint density at radius 3 is 2.45 bits per heavy atom. The Bertz CT molecular complexity index is 736. The average molecular weight is 321 g/mol. The van der Waals surface area contributed by atoms with Crippen molar-refractivity contribution in [1.29, 1.82) is 0 Å². The second-order valence-corrected chi connectivity index (χ2v) is 6.88. The van der Waals surface area contributed by atoms with E-state index in [4.69, 9.17) is 4.52 Å². The first kappa shape index (κ1) is 16.4. The largest absolute Gasteiger partial charge is 0.338 e. The van der Waals surface area contributed by atoms with Gasteiger partial charge in [0.25, 0.3) is 0 Å². The number of rotatable bonds is 6. The highest BCUT2D eigenvalue weighted by atomic mass is 32.2. The minimum Gasteiger partial charge on any atom is -0.338 e. The van der Waals surface area contributed by atoms with E-state index in [9.17, 15) is 8.42 Å². The van der Waals surface area contributed by atoms with Gasteiger partial charge in [0.05, 0.1) is 0 Å². The molecule has 0 bridgehead atoms. The zero-order valence-electron chi connectivity index (χ0n) is 12.7. The third kappa shape index (κ3) is 4.51. The van der Waals surface area contributed by atoms with E-state index < -0.39 is 16.1 Å². The van der Waals surface area contributed by atoms with Gasteiger partial charge in [0.15, 0.2) is 5.82 Å². The van der Waals surface area contributed by atoms with Gasteiger partial charge in [-0.3, -0.25) is 0 Å². The van der Waals surface area contributed by atoms with Crippen molar-refractivity contribution in [3.63, 3.8) is 0 Å². The van der Waals surface area contributed by atoms with Crippen LogP contribution in [0.15, 0.2) is 40.3 Å². The molecule has 0 aliphatic heterocycles. The third-order valence-electron chi connectivity index (χ3n) is 3.01. The van der Waals surface area contributed by atoms with Gasteiger partial charge in [0.1, 0.15) is 6.04 Å². The van der Waals surface area contributed by atoms with Gasteiger partial charge in [-0.05, 0) is 24.5 Å². The van der Waals surface area contributed by atoms with Crippen LogP contribution in [0.3, 0.4) is 0 Å². The van der Waals surface area contributed by atoms with Crippen molar-refractivity contribution in [2.45, 2.75) is 26.8 Å². The van der Waals surface area contributed by atoms with E-state index in [2.05, 4.69) is 14.9 Å². The molecule has 0 radical (unpaired) electrons. The van der Waals surface area contributed by atoms with Crippen molar-refractivity contribution >= 4 is 16.1 Å². The van der Waals surface area contributed by atoms with Gasteiger partial charge >= 0.3 is 0 Å². The van der Waals surface area contributed by atoms with Gasteiger partial charge in [-0.15, -0.1) is 0 Å². The summed E-state index contributed by atoms with van der Waals surface area (Å²) in [6.45, 7) is 5.45. The molecule has 2 aromatic rings. The summed E-state index contributed by atoms with van der Waals surface area (Å²) in [6.07, 6.45) is 1.54. The number of aromatic nitrogens is 2. The lowest BCUT2D eigenvalue weighted by atomic mass is 10.1. The molecule has 1 aromatic heterocycles. The van der Waals surface area contributed by atoms with Gasteiger partial charge < -0.3 is 4.52 Å². The van der Waals surface area contributed by atoms with Crippen LogP contribution in [0, 0.1) is 12.8 Å². The molecule has 1 heterocycles. The van der Waals surface area contributed by atoms with Crippen molar-refractivity contribution < 1.29 is 12.9 Å². The fourth-order valence-electron chi connectivity index (χ4n) is 1.86. The highest BCUT2D eigenvalue weighted by molar-refractivity contribution is 7.92. The molecule has 0 unspecified atom stereocenters. The summed E-state index contributed by atoms with van der Waals surface area (Å²) in [5, 5.41) is 4.84. The summed E-state index contributed by atoms with van der Waals surface area (Å²) in [7, 11) is -3.62. The van der Waals surface area contributed by atoms with Crippen LogP contribution in [0.1, 0.15) is 37.2 Å². The number of hydrogen-bond donors (Lipinski definition) is 1. The Labute approximate surface area is 130 Å². The van der Waals surface area contributed by atoms with E-state index in [-0.39, 0.29) is 11.8 Å². The van der Waals surface area contributed by atoms with Gasteiger partial charge in [-0.2, -0.15) is 9.71 Å². The molecule has 0 aliphatic rings.